The zero-order chi connectivity index (χ0) is 13.2. The van der Waals surface area contributed by atoms with Crippen LogP contribution in [0.3, 0.4) is 0 Å². The topological polar surface area (TPSA) is 37.4 Å². The zero-order valence-corrected chi connectivity index (χ0v) is 11.4. The van der Waals surface area contributed by atoms with E-state index in [9.17, 15) is 0 Å². The SMILES string of the molecule is COc1ccc2ccnc(C3CNCCN3C)c2c1. The van der Waals surface area contributed by atoms with Gasteiger partial charge in [0, 0.05) is 31.2 Å². The van der Waals surface area contributed by atoms with Gasteiger partial charge < -0.3 is 10.1 Å². The highest BCUT2D eigenvalue weighted by atomic mass is 16.5. The summed E-state index contributed by atoms with van der Waals surface area (Å²) in [6.07, 6.45) is 1.90. The van der Waals surface area contributed by atoms with Gasteiger partial charge in [0.1, 0.15) is 5.75 Å². The Hall–Kier alpha value is -1.65. The third-order valence-electron chi connectivity index (χ3n) is 3.83. The molecule has 0 amide bonds. The smallest absolute Gasteiger partial charge is 0.119 e. The molecule has 0 saturated carbocycles. The predicted molar refractivity (Wildman–Crippen MR) is 76.5 cm³/mol. The lowest BCUT2D eigenvalue weighted by molar-refractivity contribution is 0.200. The van der Waals surface area contributed by atoms with E-state index >= 15 is 0 Å². The Balaban J connectivity index is 2.11. The van der Waals surface area contributed by atoms with Crippen LogP contribution in [0.15, 0.2) is 30.5 Å². The normalized spacial score (nSPS) is 20.6. The molecule has 1 aromatic carbocycles. The highest BCUT2D eigenvalue weighted by molar-refractivity contribution is 5.86. The van der Waals surface area contributed by atoms with Gasteiger partial charge in [-0.2, -0.15) is 0 Å². The van der Waals surface area contributed by atoms with Gasteiger partial charge >= 0.3 is 0 Å². The van der Waals surface area contributed by atoms with E-state index in [2.05, 4.69) is 40.4 Å². The van der Waals surface area contributed by atoms with Crippen LogP contribution in [0.4, 0.5) is 0 Å². The van der Waals surface area contributed by atoms with Gasteiger partial charge in [-0.25, -0.2) is 0 Å². The lowest BCUT2D eigenvalue weighted by Crippen LogP contribution is -2.44. The Kier molecular flexibility index (Phi) is 3.36. The van der Waals surface area contributed by atoms with Crippen LogP contribution in [0, 0.1) is 0 Å². The highest BCUT2D eigenvalue weighted by Crippen LogP contribution is 2.29. The van der Waals surface area contributed by atoms with Crippen LogP contribution in [0.2, 0.25) is 0 Å². The molecule has 0 spiro atoms. The van der Waals surface area contributed by atoms with Crippen LogP contribution in [0.1, 0.15) is 11.7 Å². The number of hydrogen-bond acceptors (Lipinski definition) is 4. The minimum atomic E-state index is 0.324. The summed E-state index contributed by atoms with van der Waals surface area (Å²) in [6.45, 7) is 3.04. The first-order valence-corrected chi connectivity index (χ1v) is 6.63. The average molecular weight is 257 g/mol. The molecule has 1 aliphatic heterocycles. The summed E-state index contributed by atoms with van der Waals surface area (Å²) in [6, 6.07) is 8.55. The van der Waals surface area contributed by atoms with Crippen LogP contribution >= 0.6 is 0 Å². The van der Waals surface area contributed by atoms with E-state index in [0.29, 0.717) is 6.04 Å². The van der Waals surface area contributed by atoms with Crippen molar-refractivity contribution in [1.82, 2.24) is 15.2 Å². The Morgan fingerprint density at radius 2 is 2.26 bits per heavy atom. The van der Waals surface area contributed by atoms with Crippen molar-refractivity contribution in [3.63, 3.8) is 0 Å². The van der Waals surface area contributed by atoms with E-state index < -0.39 is 0 Å². The third-order valence-corrected chi connectivity index (χ3v) is 3.83. The summed E-state index contributed by atoms with van der Waals surface area (Å²) in [5.41, 5.74) is 1.13. The van der Waals surface area contributed by atoms with Crippen molar-refractivity contribution in [2.45, 2.75) is 6.04 Å². The number of fused-ring (bicyclic) bond motifs is 1. The van der Waals surface area contributed by atoms with Crippen LogP contribution in [-0.4, -0.2) is 43.7 Å². The summed E-state index contributed by atoms with van der Waals surface area (Å²) < 4.78 is 5.33. The van der Waals surface area contributed by atoms with Crippen LogP contribution in [-0.2, 0) is 0 Å². The van der Waals surface area contributed by atoms with Crippen molar-refractivity contribution in [3.05, 3.63) is 36.2 Å². The Morgan fingerprint density at radius 1 is 1.37 bits per heavy atom. The fraction of sp³-hybridized carbons (Fsp3) is 0.400. The summed E-state index contributed by atoms with van der Waals surface area (Å²) in [7, 11) is 3.86. The molecule has 0 radical (unpaired) electrons. The second-order valence-electron chi connectivity index (χ2n) is 4.98. The molecule has 100 valence electrons. The molecule has 19 heavy (non-hydrogen) atoms. The third kappa shape index (κ3) is 2.29. The molecule has 1 N–H and O–H groups in total. The van der Waals surface area contributed by atoms with E-state index in [4.69, 9.17) is 4.74 Å². The standard InChI is InChI=1S/C15H19N3O/c1-18-8-7-16-10-14(18)15-13-9-12(19-2)4-3-11(13)5-6-17-15/h3-6,9,14,16H,7-8,10H2,1-2H3. The first-order chi connectivity index (χ1) is 9.29. The van der Waals surface area contributed by atoms with E-state index in [1.807, 2.05) is 12.3 Å². The van der Waals surface area contributed by atoms with E-state index in [1.165, 1.54) is 10.8 Å². The highest BCUT2D eigenvalue weighted by Gasteiger charge is 2.23. The molecule has 0 aliphatic carbocycles. The summed E-state index contributed by atoms with van der Waals surface area (Å²) >= 11 is 0. The average Bonchev–Trinajstić information content (AvgIpc) is 2.47. The van der Waals surface area contributed by atoms with Crippen molar-refractivity contribution >= 4 is 10.8 Å². The van der Waals surface area contributed by atoms with Gasteiger partial charge in [-0.05, 0) is 30.6 Å². The van der Waals surface area contributed by atoms with Crippen LogP contribution < -0.4 is 10.1 Å². The van der Waals surface area contributed by atoms with Gasteiger partial charge in [-0.1, -0.05) is 6.07 Å². The number of methoxy groups -OCH3 is 1. The molecular weight excluding hydrogens is 238 g/mol. The van der Waals surface area contributed by atoms with Crippen LogP contribution in [0.25, 0.3) is 10.8 Å². The Bertz CT molecular complexity index is 585. The number of rotatable bonds is 2. The first-order valence-electron chi connectivity index (χ1n) is 6.63. The summed E-state index contributed by atoms with van der Waals surface area (Å²) in [5, 5.41) is 5.84. The first kappa shape index (κ1) is 12.4. The molecule has 4 nitrogen and oxygen atoms in total. The summed E-state index contributed by atoms with van der Waals surface area (Å²) in [5.74, 6) is 0.883. The van der Waals surface area contributed by atoms with Crippen LogP contribution in [0.5, 0.6) is 5.75 Å². The monoisotopic (exact) mass is 257 g/mol. The van der Waals surface area contributed by atoms with Crippen molar-refractivity contribution in [2.75, 3.05) is 33.8 Å². The predicted octanol–water partition coefficient (Wildman–Crippen LogP) is 1.82. The molecule has 1 saturated heterocycles. The molecule has 1 fully saturated rings. The molecule has 3 rings (SSSR count). The van der Waals surface area contributed by atoms with Crippen molar-refractivity contribution in [3.8, 4) is 5.75 Å². The van der Waals surface area contributed by atoms with Gasteiger partial charge in [-0.3, -0.25) is 9.88 Å². The number of nitrogens with one attached hydrogen (secondary N) is 1. The molecule has 2 aromatic rings. The van der Waals surface area contributed by atoms with Gasteiger partial charge in [0.2, 0.25) is 0 Å². The van der Waals surface area contributed by atoms with Gasteiger partial charge in [-0.15, -0.1) is 0 Å². The number of likely N-dealkylation sites (N-methyl/N-ethyl adjacent to an activating group) is 1. The van der Waals surface area contributed by atoms with Crippen molar-refractivity contribution in [1.29, 1.82) is 0 Å². The number of hydrogen-bond donors (Lipinski definition) is 1. The fourth-order valence-corrected chi connectivity index (χ4v) is 2.67. The molecule has 1 atom stereocenters. The van der Waals surface area contributed by atoms with Gasteiger partial charge in [0.25, 0.3) is 0 Å². The molecule has 1 aromatic heterocycles. The molecule has 4 heteroatoms. The van der Waals surface area contributed by atoms with E-state index in [1.54, 1.807) is 7.11 Å². The van der Waals surface area contributed by atoms with E-state index in [-0.39, 0.29) is 0 Å². The maximum atomic E-state index is 5.33. The molecule has 1 unspecified atom stereocenters. The molecule has 1 aliphatic rings. The number of nitrogens with zero attached hydrogens (tertiary/aromatic N) is 2. The number of pyridine rings is 1. The quantitative estimate of drug-likeness (QED) is 0.890. The number of benzene rings is 1. The van der Waals surface area contributed by atoms with Gasteiger partial charge in [0.15, 0.2) is 0 Å². The molecular formula is C15H19N3O. The second-order valence-corrected chi connectivity index (χ2v) is 4.98. The minimum absolute atomic E-state index is 0.324. The number of aromatic nitrogens is 1. The summed E-state index contributed by atoms with van der Waals surface area (Å²) in [4.78, 5) is 6.98. The zero-order valence-electron chi connectivity index (χ0n) is 11.4. The molecule has 2 heterocycles. The number of ether oxygens (including phenoxy) is 1. The number of piperazine rings is 1. The van der Waals surface area contributed by atoms with Crippen molar-refractivity contribution < 1.29 is 4.74 Å². The lowest BCUT2D eigenvalue weighted by atomic mass is 10.0. The largest absolute Gasteiger partial charge is 0.497 e. The van der Waals surface area contributed by atoms with Crippen molar-refractivity contribution in [2.24, 2.45) is 0 Å². The Labute approximate surface area is 113 Å². The minimum Gasteiger partial charge on any atom is -0.497 e. The van der Waals surface area contributed by atoms with E-state index in [0.717, 1.165) is 31.1 Å². The second kappa shape index (κ2) is 5.15. The maximum absolute atomic E-state index is 5.33. The molecule has 0 bridgehead atoms. The lowest BCUT2D eigenvalue weighted by Gasteiger charge is -2.33. The van der Waals surface area contributed by atoms with Gasteiger partial charge in [0.05, 0.1) is 18.8 Å². The fourth-order valence-electron chi connectivity index (χ4n) is 2.67. The maximum Gasteiger partial charge on any atom is 0.119 e. The Morgan fingerprint density at radius 3 is 3.05 bits per heavy atom.